The number of ketones is 1. The number of benzene rings is 2. The number of para-hydroxylation sites is 2. The van der Waals surface area contributed by atoms with Crippen LogP contribution in [0.5, 0.6) is 0 Å². The standard InChI is InChI=1S/C22H24N2O2/c1-4-8-20(26)18-13-23-21-16(15(3)25)10-7-11-17(21)22(18)24-19-12-6-5-9-14(19)2/h5-7,9-13,15,25H,4,8H2,1-3H3,(H,23,24). The number of aliphatic hydroxyl groups excluding tert-OH is 1. The molecule has 0 spiro atoms. The van der Waals surface area contributed by atoms with Crippen LogP contribution in [0.1, 0.15) is 54.3 Å². The monoisotopic (exact) mass is 348 g/mol. The summed E-state index contributed by atoms with van der Waals surface area (Å²) in [5.74, 6) is 0.0698. The number of Topliss-reactive ketones (excluding diaryl/α,β-unsaturated/α-hetero) is 1. The van der Waals surface area contributed by atoms with Gasteiger partial charge in [-0.2, -0.15) is 0 Å². The van der Waals surface area contributed by atoms with E-state index in [1.165, 1.54) is 0 Å². The van der Waals surface area contributed by atoms with Crippen molar-refractivity contribution in [2.24, 2.45) is 0 Å². The molecule has 0 amide bonds. The van der Waals surface area contributed by atoms with Gasteiger partial charge in [-0.25, -0.2) is 0 Å². The fourth-order valence-electron chi connectivity index (χ4n) is 3.14. The summed E-state index contributed by atoms with van der Waals surface area (Å²) in [6, 6.07) is 13.7. The van der Waals surface area contributed by atoms with Crippen molar-refractivity contribution in [2.75, 3.05) is 5.32 Å². The number of pyridine rings is 1. The van der Waals surface area contributed by atoms with Crippen LogP contribution < -0.4 is 5.32 Å². The Bertz CT molecular complexity index is 948. The Morgan fingerprint density at radius 1 is 1.19 bits per heavy atom. The Kier molecular flexibility index (Phi) is 5.33. The highest BCUT2D eigenvalue weighted by molar-refractivity contribution is 6.09. The van der Waals surface area contributed by atoms with Crippen LogP contribution in [0.25, 0.3) is 10.9 Å². The molecule has 0 saturated heterocycles. The van der Waals surface area contributed by atoms with Crippen molar-refractivity contribution in [1.82, 2.24) is 4.98 Å². The van der Waals surface area contributed by atoms with Crippen molar-refractivity contribution in [1.29, 1.82) is 0 Å². The predicted molar refractivity (Wildman–Crippen MR) is 106 cm³/mol. The minimum atomic E-state index is -0.630. The second kappa shape index (κ2) is 7.67. The summed E-state index contributed by atoms with van der Waals surface area (Å²) in [4.78, 5) is 17.2. The van der Waals surface area contributed by atoms with Crippen LogP contribution in [0.3, 0.4) is 0 Å². The molecule has 2 N–H and O–H groups in total. The molecule has 26 heavy (non-hydrogen) atoms. The Hall–Kier alpha value is -2.72. The van der Waals surface area contributed by atoms with Gasteiger partial charge in [0.15, 0.2) is 5.78 Å². The van der Waals surface area contributed by atoms with E-state index in [-0.39, 0.29) is 5.78 Å². The molecular weight excluding hydrogens is 324 g/mol. The zero-order valence-electron chi connectivity index (χ0n) is 15.4. The van der Waals surface area contributed by atoms with E-state index in [4.69, 9.17) is 0 Å². The number of hydrogen-bond donors (Lipinski definition) is 2. The third-order valence-electron chi connectivity index (χ3n) is 4.56. The highest BCUT2D eigenvalue weighted by Gasteiger charge is 2.18. The first-order valence-electron chi connectivity index (χ1n) is 8.98. The van der Waals surface area contributed by atoms with Gasteiger partial charge in [0.25, 0.3) is 0 Å². The van der Waals surface area contributed by atoms with Crippen LogP contribution >= 0.6 is 0 Å². The number of nitrogens with one attached hydrogen (secondary N) is 1. The van der Waals surface area contributed by atoms with Gasteiger partial charge in [-0.1, -0.05) is 43.3 Å². The second-order valence-electron chi connectivity index (χ2n) is 6.58. The number of aryl methyl sites for hydroxylation is 1. The average Bonchev–Trinajstić information content (AvgIpc) is 2.63. The molecule has 0 saturated carbocycles. The molecule has 0 aliphatic carbocycles. The normalized spacial score (nSPS) is 12.2. The van der Waals surface area contributed by atoms with E-state index in [0.717, 1.165) is 34.3 Å². The maximum atomic E-state index is 12.7. The van der Waals surface area contributed by atoms with Crippen molar-refractivity contribution < 1.29 is 9.90 Å². The summed E-state index contributed by atoms with van der Waals surface area (Å²) in [7, 11) is 0. The number of fused-ring (bicyclic) bond motifs is 1. The molecule has 0 fully saturated rings. The lowest BCUT2D eigenvalue weighted by atomic mass is 9.99. The van der Waals surface area contributed by atoms with Gasteiger partial charge < -0.3 is 10.4 Å². The second-order valence-corrected chi connectivity index (χ2v) is 6.58. The number of anilines is 2. The van der Waals surface area contributed by atoms with Gasteiger partial charge in [0, 0.05) is 29.3 Å². The molecule has 0 aliphatic rings. The van der Waals surface area contributed by atoms with E-state index in [0.29, 0.717) is 17.5 Å². The van der Waals surface area contributed by atoms with Crippen LogP contribution in [0.2, 0.25) is 0 Å². The molecule has 3 rings (SSSR count). The molecular formula is C22H24N2O2. The molecule has 2 aromatic carbocycles. The lowest BCUT2D eigenvalue weighted by Crippen LogP contribution is -2.07. The zero-order valence-corrected chi connectivity index (χ0v) is 15.4. The molecule has 1 unspecified atom stereocenters. The summed E-state index contributed by atoms with van der Waals surface area (Å²) in [5, 5.41) is 14.4. The van der Waals surface area contributed by atoms with Gasteiger partial charge in [-0.05, 0) is 31.9 Å². The molecule has 1 atom stereocenters. The Labute approximate surface area is 153 Å². The number of hydrogen-bond acceptors (Lipinski definition) is 4. The zero-order chi connectivity index (χ0) is 18.7. The number of nitrogens with zero attached hydrogens (tertiary/aromatic N) is 1. The summed E-state index contributed by atoms with van der Waals surface area (Å²) in [6.45, 7) is 5.74. The number of aliphatic hydroxyl groups is 1. The Morgan fingerprint density at radius 2 is 1.96 bits per heavy atom. The molecule has 0 aliphatic heterocycles. The minimum absolute atomic E-state index is 0.0698. The first-order valence-corrected chi connectivity index (χ1v) is 8.98. The maximum Gasteiger partial charge on any atom is 0.166 e. The first kappa shape index (κ1) is 18.1. The van der Waals surface area contributed by atoms with Gasteiger partial charge in [0.05, 0.1) is 22.9 Å². The van der Waals surface area contributed by atoms with E-state index < -0.39 is 6.10 Å². The highest BCUT2D eigenvalue weighted by Crippen LogP contribution is 2.34. The van der Waals surface area contributed by atoms with Gasteiger partial charge in [-0.3, -0.25) is 9.78 Å². The Morgan fingerprint density at radius 3 is 2.65 bits per heavy atom. The predicted octanol–water partition coefficient (Wildman–Crippen LogP) is 5.32. The quantitative estimate of drug-likeness (QED) is 0.592. The fourth-order valence-corrected chi connectivity index (χ4v) is 3.14. The molecule has 0 bridgehead atoms. The third kappa shape index (κ3) is 3.46. The van der Waals surface area contributed by atoms with E-state index in [2.05, 4.69) is 10.3 Å². The van der Waals surface area contributed by atoms with Crippen LogP contribution in [-0.2, 0) is 0 Å². The number of carbonyl (C=O) groups is 1. The molecule has 134 valence electrons. The highest BCUT2D eigenvalue weighted by atomic mass is 16.3. The number of rotatable bonds is 6. The van der Waals surface area contributed by atoms with Crippen molar-refractivity contribution in [3.63, 3.8) is 0 Å². The van der Waals surface area contributed by atoms with E-state index in [9.17, 15) is 9.90 Å². The van der Waals surface area contributed by atoms with Crippen LogP contribution in [0.15, 0.2) is 48.7 Å². The van der Waals surface area contributed by atoms with Crippen molar-refractivity contribution in [3.8, 4) is 0 Å². The molecule has 0 radical (unpaired) electrons. The van der Waals surface area contributed by atoms with Crippen LogP contribution in [0.4, 0.5) is 11.4 Å². The van der Waals surface area contributed by atoms with Crippen molar-refractivity contribution >= 4 is 28.1 Å². The number of aromatic nitrogens is 1. The van der Waals surface area contributed by atoms with Crippen molar-refractivity contribution in [2.45, 2.75) is 39.7 Å². The van der Waals surface area contributed by atoms with Gasteiger partial charge in [0.2, 0.25) is 0 Å². The Balaban J connectivity index is 2.24. The van der Waals surface area contributed by atoms with Crippen molar-refractivity contribution in [3.05, 3.63) is 65.4 Å². The lowest BCUT2D eigenvalue weighted by molar-refractivity contribution is 0.0982. The van der Waals surface area contributed by atoms with E-state index >= 15 is 0 Å². The molecule has 3 aromatic rings. The SMILES string of the molecule is CCCC(=O)c1cnc2c(C(C)O)cccc2c1Nc1ccccc1C. The molecule has 1 aromatic heterocycles. The van der Waals surface area contributed by atoms with Crippen LogP contribution in [-0.4, -0.2) is 15.9 Å². The largest absolute Gasteiger partial charge is 0.389 e. The first-order chi connectivity index (χ1) is 12.5. The third-order valence-corrected chi connectivity index (χ3v) is 4.56. The van der Waals surface area contributed by atoms with E-state index in [1.54, 1.807) is 13.1 Å². The fraction of sp³-hybridized carbons (Fsp3) is 0.273. The maximum absolute atomic E-state index is 12.7. The minimum Gasteiger partial charge on any atom is -0.389 e. The van der Waals surface area contributed by atoms with Gasteiger partial charge >= 0.3 is 0 Å². The number of carbonyl (C=O) groups excluding carboxylic acids is 1. The van der Waals surface area contributed by atoms with Gasteiger partial charge in [0.1, 0.15) is 0 Å². The molecule has 4 nitrogen and oxygen atoms in total. The summed E-state index contributed by atoms with van der Waals surface area (Å²) in [6.07, 6.45) is 2.27. The topological polar surface area (TPSA) is 62.2 Å². The van der Waals surface area contributed by atoms with Crippen LogP contribution in [0, 0.1) is 6.92 Å². The summed E-state index contributed by atoms with van der Waals surface area (Å²) in [5.41, 5.74) is 4.86. The average molecular weight is 348 g/mol. The summed E-state index contributed by atoms with van der Waals surface area (Å²) >= 11 is 0. The molecule has 4 heteroatoms. The van der Waals surface area contributed by atoms with E-state index in [1.807, 2.05) is 56.3 Å². The summed E-state index contributed by atoms with van der Waals surface area (Å²) < 4.78 is 0. The van der Waals surface area contributed by atoms with Gasteiger partial charge in [-0.15, -0.1) is 0 Å². The lowest BCUT2D eigenvalue weighted by Gasteiger charge is -2.17. The molecule has 1 heterocycles. The smallest absolute Gasteiger partial charge is 0.166 e.